The highest BCUT2D eigenvalue weighted by atomic mass is 32.2. The Bertz CT molecular complexity index is 969. The maximum atomic E-state index is 12.7. The van der Waals surface area contributed by atoms with E-state index in [4.69, 9.17) is 4.74 Å². The van der Waals surface area contributed by atoms with Crippen molar-refractivity contribution in [3.63, 3.8) is 0 Å². The Morgan fingerprint density at radius 1 is 1.14 bits per heavy atom. The molecule has 3 rings (SSSR count). The summed E-state index contributed by atoms with van der Waals surface area (Å²) < 4.78 is 5.63. The van der Waals surface area contributed by atoms with E-state index < -0.39 is 16.1 Å². The van der Waals surface area contributed by atoms with Crippen molar-refractivity contribution in [3.8, 4) is 5.75 Å². The Kier molecular flexibility index (Phi) is 6.33. The quantitative estimate of drug-likeness (QED) is 0.366. The molecule has 2 amide bonds. The average molecular weight is 412 g/mol. The maximum Gasteiger partial charge on any atom is 0.293 e. The van der Waals surface area contributed by atoms with Gasteiger partial charge in [-0.3, -0.25) is 24.6 Å². The van der Waals surface area contributed by atoms with Crippen LogP contribution in [-0.4, -0.2) is 27.6 Å². The van der Waals surface area contributed by atoms with Crippen molar-refractivity contribution >= 4 is 34.7 Å². The highest BCUT2D eigenvalue weighted by molar-refractivity contribution is 8.18. The monoisotopic (exact) mass is 412 g/mol. The van der Waals surface area contributed by atoms with E-state index in [0.29, 0.717) is 18.1 Å². The molecule has 0 unspecified atom stereocenters. The van der Waals surface area contributed by atoms with Gasteiger partial charge in [-0.2, -0.15) is 0 Å². The van der Waals surface area contributed by atoms with Crippen molar-refractivity contribution in [1.82, 2.24) is 4.90 Å². The first-order valence-electron chi connectivity index (χ1n) is 9.05. The lowest BCUT2D eigenvalue weighted by Crippen LogP contribution is -2.27. The number of carbonyl (C=O) groups excluding carboxylic acids is 2. The van der Waals surface area contributed by atoms with Crippen molar-refractivity contribution in [2.24, 2.45) is 5.92 Å². The van der Waals surface area contributed by atoms with Crippen LogP contribution < -0.4 is 4.74 Å². The zero-order chi connectivity index (χ0) is 21.0. The molecule has 2 aromatic carbocycles. The number of benzene rings is 2. The van der Waals surface area contributed by atoms with E-state index in [-0.39, 0.29) is 17.1 Å². The zero-order valence-corrected chi connectivity index (χ0v) is 16.8. The number of nitro benzene ring substituents is 1. The number of hydrogen-bond acceptors (Lipinski definition) is 6. The molecule has 0 N–H and O–H groups in total. The second-order valence-corrected chi connectivity index (χ2v) is 7.92. The Morgan fingerprint density at radius 3 is 2.48 bits per heavy atom. The molecule has 1 heterocycles. The highest BCUT2D eigenvalue weighted by Gasteiger charge is 2.36. The second kappa shape index (κ2) is 8.91. The van der Waals surface area contributed by atoms with Gasteiger partial charge in [-0.1, -0.05) is 44.2 Å². The van der Waals surface area contributed by atoms with E-state index >= 15 is 0 Å². The standard InChI is InChI=1S/C21H20N2O5S/c1-14(2)13-28-17-9-7-15(8-10-17)11-19-20(24)22(21(25)29-19)12-16-5-3-4-6-18(16)23(26)27/h3-11,14H,12-13H2,1-2H3/b19-11-. The zero-order valence-electron chi connectivity index (χ0n) is 16.0. The van der Waals surface area contributed by atoms with Gasteiger partial charge < -0.3 is 4.74 Å². The number of nitrogens with zero attached hydrogens (tertiary/aromatic N) is 2. The summed E-state index contributed by atoms with van der Waals surface area (Å²) in [7, 11) is 0. The third-order valence-corrected chi connectivity index (χ3v) is 5.06. The fourth-order valence-electron chi connectivity index (χ4n) is 2.70. The van der Waals surface area contributed by atoms with Gasteiger partial charge >= 0.3 is 0 Å². The molecule has 0 aromatic heterocycles. The lowest BCUT2D eigenvalue weighted by atomic mass is 10.1. The Morgan fingerprint density at radius 2 is 1.83 bits per heavy atom. The van der Waals surface area contributed by atoms with E-state index in [1.165, 1.54) is 6.07 Å². The summed E-state index contributed by atoms with van der Waals surface area (Å²) in [6.45, 7) is 4.61. The first kappa shape index (κ1) is 20.6. The predicted octanol–water partition coefficient (Wildman–Crippen LogP) is 4.87. The van der Waals surface area contributed by atoms with Crippen molar-refractivity contribution in [3.05, 3.63) is 74.7 Å². The lowest BCUT2D eigenvalue weighted by Gasteiger charge is -2.12. The lowest BCUT2D eigenvalue weighted by molar-refractivity contribution is -0.385. The van der Waals surface area contributed by atoms with Gasteiger partial charge in [0, 0.05) is 11.6 Å². The summed E-state index contributed by atoms with van der Waals surface area (Å²) in [6, 6.07) is 13.3. The number of para-hydroxylation sites is 1. The van der Waals surface area contributed by atoms with Gasteiger partial charge in [0.25, 0.3) is 16.8 Å². The molecule has 0 atom stereocenters. The molecule has 1 aliphatic heterocycles. The third kappa shape index (κ3) is 5.03. The summed E-state index contributed by atoms with van der Waals surface area (Å²) >= 11 is 0.826. The van der Waals surface area contributed by atoms with Gasteiger partial charge in [0.1, 0.15) is 5.75 Å². The molecule has 1 saturated heterocycles. The first-order valence-corrected chi connectivity index (χ1v) is 9.87. The molecular formula is C21H20N2O5S. The molecule has 2 aromatic rings. The summed E-state index contributed by atoms with van der Waals surface area (Å²) in [4.78, 5) is 36.9. The normalized spacial score (nSPS) is 15.4. The SMILES string of the molecule is CC(C)COc1ccc(/C=C2\SC(=O)N(Cc3ccccc3[N+](=O)[O-])C2=O)cc1. The van der Waals surface area contributed by atoms with Crippen LogP contribution in [0.15, 0.2) is 53.4 Å². The summed E-state index contributed by atoms with van der Waals surface area (Å²) in [6.07, 6.45) is 1.64. The van der Waals surface area contributed by atoms with Crippen LogP contribution in [0.4, 0.5) is 10.5 Å². The van der Waals surface area contributed by atoms with Crippen LogP contribution >= 0.6 is 11.8 Å². The van der Waals surface area contributed by atoms with Crippen LogP contribution in [-0.2, 0) is 11.3 Å². The molecule has 0 radical (unpaired) electrons. The van der Waals surface area contributed by atoms with Gasteiger partial charge in [0.15, 0.2) is 0 Å². The van der Waals surface area contributed by atoms with Crippen molar-refractivity contribution < 1.29 is 19.2 Å². The van der Waals surface area contributed by atoms with Crippen molar-refractivity contribution in [2.75, 3.05) is 6.61 Å². The predicted molar refractivity (Wildman–Crippen MR) is 111 cm³/mol. The minimum Gasteiger partial charge on any atom is -0.493 e. The smallest absolute Gasteiger partial charge is 0.293 e. The average Bonchev–Trinajstić information content (AvgIpc) is 2.95. The minimum absolute atomic E-state index is 0.118. The van der Waals surface area contributed by atoms with E-state index in [0.717, 1.165) is 28.0 Å². The molecule has 1 fully saturated rings. The number of rotatable bonds is 7. The molecule has 8 heteroatoms. The van der Waals surface area contributed by atoms with Crippen LogP contribution in [0.1, 0.15) is 25.0 Å². The highest BCUT2D eigenvalue weighted by Crippen LogP contribution is 2.34. The van der Waals surface area contributed by atoms with Crippen LogP contribution in [0, 0.1) is 16.0 Å². The Labute approximate surface area is 172 Å². The van der Waals surface area contributed by atoms with Crippen LogP contribution in [0.3, 0.4) is 0 Å². The molecule has 0 aliphatic carbocycles. The van der Waals surface area contributed by atoms with Crippen LogP contribution in [0.2, 0.25) is 0 Å². The van der Waals surface area contributed by atoms with E-state index in [9.17, 15) is 19.7 Å². The topological polar surface area (TPSA) is 89.8 Å². The summed E-state index contributed by atoms with van der Waals surface area (Å²) in [5.41, 5.74) is 0.957. The van der Waals surface area contributed by atoms with Gasteiger partial charge in [0.2, 0.25) is 0 Å². The van der Waals surface area contributed by atoms with Crippen molar-refractivity contribution in [2.45, 2.75) is 20.4 Å². The number of amides is 2. The molecule has 1 aliphatic rings. The molecule has 7 nitrogen and oxygen atoms in total. The third-order valence-electron chi connectivity index (χ3n) is 4.15. The van der Waals surface area contributed by atoms with E-state index in [1.807, 2.05) is 24.3 Å². The number of ether oxygens (including phenoxy) is 1. The molecule has 0 bridgehead atoms. The van der Waals surface area contributed by atoms with Gasteiger partial charge in [-0.15, -0.1) is 0 Å². The molecule has 150 valence electrons. The summed E-state index contributed by atoms with van der Waals surface area (Å²) in [5.74, 6) is 0.695. The maximum absolute atomic E-state index is 12.7. The fourth-order valence-corrected chi connectivity index (χ4v) is 3.54. The number of hydrogen-bond donors (Lipinski definition) is 0. The largest absolute Gasteiger partial charge is 0.493 e. The number of carbonyl (C=O) groups is 2. The van der Waals surface area contributed by atoms with E-state index in [1.54, 1.807) is 24.3 Å². The van der Waals surface area contributed by atoms with Gasteiger partial charge in [0.05, 0.1) is 23.0 Å². The number of nitro groups is 1. The first-order chi connectivity index (χ1) is 13.8. The number of imide groups is 1. The Hall–Kier alpha value is -3.13. The molecule has 29 heavy (non-hydrogen) atoms. The minimum atomic E-state index is -0.521. The summed E-state index contributed by atoms with van der Waals surface area (Å²) in [5, 5.41) is 10.7. The van der Waals surface area contributed by atoms with E-state index in [2.05, 4.69) is 13.8 Å². The molecular weight excluding hydrogens is 392 g/mol. The molecule has 0 saturated carbocycles. The van der Waals surface area contributed by atoms with Crippen LogP contribution in [0.25, 0.3) is 6.08 Å². The van der Waals surface area contributed by atoms with Crippen LogP contribution in [0.5, 0.6) is 5.75 Å². The van der Waals surface area contributed by atoms with Gasteiger partial charge in [-0.25, -0.2) is 0 Å². The Balaban J connectivity index is 1.74. The second-order valence-electron chi connectivity index (χ2n) is 6.93. The van der Waals surface area contributed by atoms with Crippen molar-refractivity contribution in [1.29, 1.82) is 0 Å². The number of thioether (sulfide) groups is 1. The molecule has 0 spiro atoms. The van der Waals surface area contributed by atoms with Gasteiger partial charge in [-0.05, 0) is 41.5 Å². The fraction of sp³-hybridized carbons (Fsp3) is 0.238.